The second-order valence-electron chi connectivity index (χ2n) is 6.90. The monoisotopic (exact) mass is 381 g/mol. The van der Waals surface area contributed by atoms with Gasteiger partial charge in [0.25, 0.3) is 5.91 Å². The number of likely N-dealkylation sites (tertiary alicyclic amines) is 1. The van der Waals surface area contributed by atoms with E-state index in [9.17, 15) is 14.3 Å². The molecule has 0 unspecified atom stereocenters. The minimum atomic E-state index is -0.691. The summed E-state index contributed by atoms with van der Waals surface area (Å²) in [5.74, 6) is -0.621. The van der Waals surface area contributed by atoms with Gasteiger partial charge < -0.3 is 10.4 Å². The number of aliphatic hydroxyl groups is 1. The summed E-state index contributed by atoms with van der Waals surface area (Å²) in [5.41, 5.74) is 1.83. The van der Waals surface area contributed by atoms with Crippen molar-refractivity contribution in [2.24, 2.45) is 0 Å². The number of hydrogen-bond donors (Lipinski definition) is 2. The van der Waals surface area contributed by atoms with Gasteiger partial charge in [-0.05, 0) is 30.7 Å². The minimum Gasteiger partial charge on any atom is -0.390 e. The van der Waals surface area contributed by atoms with E-state index in [4.69, 9.17) is 0 Å². The SMILES string of the molecule is O=C(N[C@@H]1CCN(Cc2ccc3cc(F)ccc3n2)C[C@H]1O)c1cnccn1. The van der Waals surface area contributed by atoms with Crippen molar-refractivity contribution < 1.29 is 14.3 Å². The van der Waals surface area contributed by atoms with Crippen molar-refractivity contribution in [1.29, 1.82) is 0 Å². The van der Waals surface area contributed by atoms with Crippen LogP contribution >= 0.6 is 0 Å². The molecule has 3 aromatic rings. The van der Waals surface area contributed by atoms with Gasteiger partial charge >= 0.3 is 0 Å². The third-order valence-corrected chi connectivity index (χ3v) is 4.87. The van der Waals surface area contributed by atoms with Gasteiger partial charge in [-0.3, -0.25) is 19.7 Å². The van der Waals surface area contributed by atoms with Gasteiger partial charge in [-0.1, -0.05) is 6.07 Å². The Morgan fingerprint density at radius 3 is 2.96 bits per heavy atom. The Kier molecular flexibility index (Phi) is 5.23. The first-order valence-electron chi connectivity index (χ1n) is 9.11. The highest BCUT2D eigenvalue weighted by molar-refractivity contribution is 5.92. The van der Waals surface area contributed by atoms with Crippen LogP contribution in [-0.2, 0) is 6.54 Å². The first kappa shape index (κ1) is 18.4. The molecule has 0 aliphatic carbocycles. The lowest BCUT2D eigenvalue weighted by molar-refractivity contribution is 0.0344. The molecule has 1 aliphatic heterocycles. The summed E-state index contributed by atoms with van der Waals surface area (Å²) >= 11 is 0. The summed E-state index contributed by atoms with van der Waals surface area (Å²) in [7, 11) is 0. The van der Waals surface area contributed by atoms with Crippen LogP contribution in [-0.4, -0.2) is 56.1 Å². The van der Waals surface area contributed by atoms with Crippen LogP contribution in [0.3, 0.4) is 0 Å². The van der Waals surface area contributed by atoms with E-state index in [0.29, 0.717) is 26.1 Å². The molecule has 2 N–H and O–H groups in total. The molecule has 1 aromatic carbocycles. The Bertz CT molecular complexity index is 985. The van der Waals surface area contributed by atoms with Crippen molar-refractivity contribution >= 4 is 16.8 Å². The van der Waals surface area contributed by atoms with E-state index in [0.717, 1.165) is 16.6 Å². The first-order chi connectivity index (χ1) is 13.6. The number of aromatic nitrogens is 3. The molecule has 1 amide bonds. The van der Waals surface area contributed by atoms with Crippen molar-refractivity contribution in [3.63, 3.8) is 0 Å². The summed E-state index contributed by atoms with van der Waals surface area (Å²) in [6.45, 7) is 1.72. The Morgan fingerprint density at radius 1 is 1.29 bits per heavy atom. The molecule has 0 bridgehead atoms. The topological polar surface area (TPSA) is 91.2 Å². The largest absolute Gasteiger partial charge is 0.390 e. The Labute approximate surface area is 161 Å². The van der Waals surface area contributed by atoms with E-state index >= 15 is 0 Å². The molecule has 3 heterocycles. The third-order valence-electron chi connectivity index (χ3n) is 4.87. The Hall–Kier alpha value is -2.97. The number of nitrogens with zero attached hydrogens (tertiary/aromatic N) is 4. The van der Waals surface area contributed by atoms with Gasteiger partial charge in [-0.2, -0.15) is 0 Å². The second kappa shape index (κ2) is 7.95. The van der Waals surface area contributed by atoms with E-state index in [1.165, 1.54) is 30.7 Å². The fourth-order valence-corrected chi connectivity index (χ4v) is 3.42. The van der Waals surface area contributed by atoms with Gasteiger partial charge in [0.2, 0.25) is 0 Å². The molecule has 7 nitrogen and oxygen atoms in total. The molecule has 8 heteroatoms. The van der Waals surface area contributed by atoms with Crippen molar-refractivity contribution in [2.75, 3.05) is 13.1 Å². The van der Waals surface area contributed by atoms with Crippen LogP contribution in [0.4, 0.5) is 4.39 Å². The van der Waals surface area contributed by atoms with E-state index in [-0.39, 0.29) is 23.5 Å². The number of rotatable bonds is 4. The zero-order valence-electron chi connectivity index (χ0n) is 15.1. The predicted molar refractivity (Wildman–Crippen MR) is 101 cm³/mol. The van der Waals surface area contributed by atoms with Gasteiger partial charge in [0.15, 0.2) is 0 Å². The number of pyridine rings is 1. The molecule has 1 fully saturated rings. The molecule has 0 spiro atoms. The smallest absolute Gasteiger partial charge is 0.271 e. The quantitative estimate of drug-likeness (QED) is 0.712. The zero-order valence-corrected chi connectivity index (χ0v) is 15.1. The lowest BCUT2D eigenvalue weighted by Crippen LogP contribution is -2.53. The minimum absolute atomic E-state index is 0.230. The van der Waals surface area contributed by atoms with Crippen molar-refractivity contribution in [3.8, 4) is 0 Å². The maximum Gasteiger partial charge on any atom is 0.271 e. The highest BCUT2D eigenvalue weighted by Crippen LogP contribution is 2.18. The average molecular weight is 381 g/mol. The number of β-amino-alcohol motifs (C(OH)–C–C–N with tert-alkyl or cyclic N) is 1. The fourth-order valence-electron chi connectivity index (χ4n) is 3.42. The first-order valence-corrected chi connectivity index (χ1v) is 9.11. The maximum absolute atomic E-state index is 13.3. The van der Waals surface area contributed by atoms with Crippen LogP contribution in [0.25, 0.3) is 10.9 Å². The summed E-state index contributed by atoms with van der Waals surface area (Å²) in [5, 5.41) is 14.0. The highest BCUT2D eigenvalue weighted by Gasteiger charge is 2.29. The van der Waals surface area contributed by atoms with E-state index in [1.54, 1.807) is 6.07 Å². The van der Waals surface area contributed by atoms with Crippen LogP contribution in [0, 0.1) is 5.82 Å². The van der Waals surface area contributed by atoms with Crippen molar-refractivity contribution in [3.05, 3.63) is 66.1 Å². The second-order valence-corrected chi connectivity index (χ2v) is 6.90. The molecule has 28 heavy (non-hydrogen) atoms. The third kappa shape index (κ3) is 4.13. The van der Waals surface area contributed by atoms with Gasteiger partial charge in [0.1, 0.15) is 11.5 Å². The van der Waals surface area contributed by atoms with Crippen molar-refractivity contribution in [1.82, 2.24) is 25.2 Å². The molecule has 1 aliphatic rings. The highest BCUT2D eigenvalue weighted by atomic mass is 19.1. The number of hydrogen-bond acceptors (Lipinski definition) is 6. The van der Waals surface area contributed by atoms with E-state index in [2.05, 4.69) is 25.2 Å². The molecule has 1 saturated heterocycles. The molecule has 2 atom stereocenters. The zero-order chi connectivity index (χ0) is 19.5. The number of fused-ring (bicyclic) bond motifs is 1. The van der Waals surface area contributed by atoms with Crippen LogP contribution in [0.2, 0.25) is 0 Å². The number of nitrogens with one attached hydrogen (secondary N) is 1. The average Bonchev–Trinajstić information content (AvgIpc) is 2.71. The number of benzene rings is 1. The molecule has 4 rings (SSSR count). The van der Waals surface area contributed by atoms with Crippen LogP contribution in [0.15, 0.2) is 48.9 Å². The lowest BCUT2D eigenvalue weighted by atomic mass is 10.0. The number of halogens is 1. The molecular formula is C20H20FN5O2. The maximum atomic E-state index is 13.3. The van der Waals surface area contributed by atoms with Crippen LogP contribution < -0.4 is 5.32 Å². The lowest BCUT2D eigenvalue weighted by Gasteiger charge is -2.36. The van der Waals surface area contributed by atoms with Gasteiger partial charge in [-0.25, -0.2) is 9.37 Å². The number of carbonyl (C=O) groups excluding carboxylic acids is 1. The van der Waals surface area contributed by atoms with Gasteiger partial charge in [0, 0.05) is 37.4 Å². The molecule has 0 saturated carbocycles. The molecule has 2 aromatic heterocycles. The molecule has 144 valence electrons. The predicted octanol–water partition coefficient (Wildman–Crippen LogP) is 1.53. The number of piperidine rings is 1. The number of amides is 1. The van der Waals surface area contributed by atoms with Crippen LogP contribution in [0.1, 0.15) is 22.6 Å². The Balaban J connectivity index is 1.36. The number of carbonyl (C=O) groups is 1. The van der Waals surface area contributed by atoms with Gasteiger partial charge in [-0.15, -0.1) is 0 Å². The van der Waals surface area contributed by atoms with Gasteiger partial charge in [0.05, 0.1) is 29.6 Å². The van der Waals surface area contributed by atoms with Crippen LogP contribution in [0.5, 0.6) is 0 Å². The summed E-state index contributed by atoms with van der Waals surface area (Å²) in [6, 6.07) is 7.91. The summed E-state index contributed by atoms with van der Waals surface area (Å²) in [6.07, 6.45) is 4.28. The van der Waals surface area contributed by atoms with E-state index in [1.807, 2.05) is 12.1 Å². The standard InChI is InChI=1S/C20H20FN5O2/c21-14-2-4-16-13(9-14)1-3-15(24-16)11-26-8-5-17(19(27)12-26)25-20(28)18-10-22-6-7-23-18/h1-4,6-7,9-10,17,19,27H,5,8,11-12H2,(H,25,28)/t17-,19-/m1/s1. The van der Waals surface area contributed by atoms with Crippen molar-refractivity contribution in [2.45, 2.75) is 25.1 Å². The normalized spacial score (nSPS) is 20.2. The number of aliphatic hydroxyl groups excluding tert-OH is 1. The summed E-state index contributed by atoms with van der Waals surface area (Å²) in [4.78, 5) is 26.7. The molecule has 0 radical (unpaired) electrons. The van der Waals surface area contributed by atoms with E-state index < -0.39 is 6.10 Å². The fraction of sp³-hybridized carbons (Fsp3) is 0.300. The Morgan fingerprint density at radius 2 is 2.18 bits per heavy atom. The molecular weight excluding hydrogens is 361 g/mol. The summed E-state index contributed by atoms with van der Waals surface area (Å²) < 4.78 is 13.3.